The van der Waals surface area contributed by atoms with E-state index in [9.17, 15) is 14.7 Å². The summed E-state index contributed by atoms with van der Waals surface area (Å²) in [6.07, 6.45) is 1.50. The lowest BCUT2D eigenvalue weighted by Crippen LogP contribution is -2.50. The Morgan fingerprint density at radius 2 is 1.90 bits per heavy atom. The van der Waals surface area contributed by atoms with Gasteiger partial charge in [0.05, 0.1) is 12.3 Å². The second-order valence-electron chi connectivity index (χ2n) is 5.15. The molecule has 1 unspecified atom stereocenters. The fourth-order valence-electron chi connectivity index (χ4n) is 2.26. The van der Waals surface area contributed by atoms with Gasteiger partial charge < -0.3 is 14.9 Å². The summed E-state index contributed by atoms with van der Waals surface area (Å²) in [6, 6.07) is 0. The lowest BCUT2D eigenvalue weighted by Gasteiger charge is -2.34. The number of hydrogen-bond acceptors (Lipinski definition) is 5. The monoisotopic (exact) mass is 295 g/mol. The maximum Gasteiger partial charge on any atom is 0.244 e. The van der Waals surface area contributed by atoms with Crippen molar-refractivity contribution in [3.05, 3.63) is 11.9 Å². The zero-order chi connectivity index (χ0) is 15.4. The molecule has 0 aliphatic carbocycles. The quantitative estimate of drug-likeness (QED) is 0.802. The van der Waals surface area contributed by atoms with Crippen LogP contribution in [0.15, 0.2) is 6.20 Å². The van der Waals surface area contributed by atoms with Crippen LogP contribution in [0.2, 0.25) is 0 Å². The molecule has 0 spiro atoms. The Hall–Kier alpha value is -1.96. The smallest absolute Gasteiger partial charge is 0.244 e. The maximum atomic E-state index is 12.2. The van der Waals surface area contributed by atoms with Crippen molar-refractivity contribution in [1.29, 1.82) is 0 Å². The van der Waals surface area contributed by atoms with Crippen LogP contribution in [-0.2, 0) is 16.1 Å². The first-order valence-corrected chi connectivity index (χ1v) is 7.12. The highest BCUT2D eigenvalue weighted by atomic mass is 16.3. The molecule has 2 rings (SSSR count). The molecule has 0 saturated carbocycles. The molecular formula is C13H21N5O3. The summed E-state index contributed by atoms with van der Waals surface area (Å²) in [5.41, 5.74) is 0.478. The number of amides is 2. The number of hydrogen-bond donors (Lipinski definition) is 1. The van der Waals surface area contributed by atoms with Gasteiger partial charge in [-0.3, -0.25) is 9.59 Å². The third kappa shape index (κ3) is 3.78. The average molecular weight is 295 g/mol. The van der Waals surface area contributed by atoms with Crippen molar-refractivity contribution in [3.8, 4) is 0 Å². The predicted octanol–water partition coefficient (Wildman–Crippen LogP) is -0.588. The van der Waals surface area contributed by atoms with Crippen molar-refractivity contribution in [1.82, 2.24) is 24.8 Å². The van der Waals surface area contributed by atoms with Crippen LogP contribution in [0, 0.1) is 0 Å². The highest BCUT2D eigenvalue weighted by Crippen LogP contribution is 2.12. The molecule has 21 heavy (non-hydrogen) atoms. The summed E-state index contributed by atoms with van der Waals surface area (Å²) in [5.74, 6) is -0.0165. The summed E-state index contributed by atoms with van der Waals surface area (Å²) in [5, 5.41) is 17.4. The zero-order valence-corrected chi connectivity index (χ0v) is 12.4. The van der Waals surface area contributed by atoms with Gasteiger partial charge in [0, 0.05) is 33.1 Å². The molecule has 8 nitrogen and oxygen atoms in total. The van der Waals surface area contributed by atoms with Gasteiger partial charge in [0.1, 0.15) is 12.2 Å². The number of aliphatic hydroxyl groups is 1. The van der Waals surface area contributed by atoms with Crippen LogP contribution < -0.4 is 0 Å². The van der Waals surface area contributed by atoms with Gasteiger partial charge in [-0.05, 0) is 6.42 Å². The molecular weight excluding hydrogens is 274 g/mol. The lowest BCUT2D eigenvalue weighted by molar-refractivity contribution is -0.138. The van der Waals surface area contributed by atoms with Crippen molar-refractivity contribution < 1.29 is 14.7 Å². The van der Waals surface area contributed by atoms with Gasteiger partial charge in [-0.15, -0.1) is 5.10 Å². The minimum Gasteiger partial charge on any atom is -0.387 e. The van der Waals surface area contributed by atoms with Crippen molar-refractivity contribution in [3.63, 3.8) is 0 Å². The van der Waals surface area contributed by atoms with Gasteiger partial charge >= 0.3 is 0 Å². The standard InChI is InChI=1S/C13H21N5O3/c1-3-12(20)11-8-18(15-14-11)9-13(21)17-6-4-16(5-7-17)10(2)19/h8,12,20H,3-7,9H2,1-2H3. The molecule has 0 bridgehead atoms. The Labute approximate surface area is 123 Å². The fourth-order valence-corrected chi connectivity index (χ4v) is 2.26. The maximum absolute atomic E-state index is 12.2. The molecule has 0 aromatic carbocycles. The first kappa shape index (κ1) is 15.4. The minimum atomic E-state index is -0.645. The molecule has 0 radical (unpaired) electrons. The van der Waals surface area contributed by atoms with Crippen molar-refractivity contribution in [2.75, 3.05) is 26.2 Å². The second-order valence-corrected chi connectivity index (χ2v) is 5.15. The van der Waals surface area contributed by atoms with Gasteiger partial charge in [-0.25, -0.2) is 4.68 Å². The van der Waals surface area contributed by atoms with E-state index in [1.165, 1.54) is 11.6 Å². The number of aromatic nitrogens is 3. The molecule has 1 aromatic heterocycles. The number of nitrogens with zero attached hydrogens (tertiary/aromatic N) is 5. The third-order valence-corrected chi connectivity index (χ3v) is 3.66. The van der Waals surface area contributed by atoms with Crippen LogP contribution in [0.4, 0.5) is 0 Å². The topological polar surface area (TPSA) is 91.6 Å². The van der Waals surface area contributed by atoms with E-state index in [0.29, 0.717) is 38.3 Å². The van der Waals surface area contributed by atoms with Crippen LogP contribution >= 0.6 is 0 Å². The first-order chi connectivity index (χ1) is 10.0. The molecule has 1 saturated heterocycles. The van der Waals surface area contributed by atoms with Crippen LogP contribution in [0.25, 0.3) is 0 Å². The summed E-state index contributed by atoms with van der Waals surface area (Å²) in [6.45, 7) is 5.70. The van der Waals surface area contributed by atoms with Crippen molar-refractivity contribution >= 4 is 11.8 Å². The molecule has 116 valence electrons. The SMILES string of the molecule is CCC(O)c1cn(CC(=O)N2CCN(C(C)=O)CC2)nn1. The average Bonchev–Trinajstić information content (AvgIpc) is 2.95. The minimum absolute atomic E-state index is 0.0385. The van der Waals surface area contributed by atoms with Crippen LogP contribution in [0.3, 0.4) is 0 Å². The van der Waals surface area contributed by atoms with Crippen molar-refractivity contribution in [2.45, 2.75) is 32.9 Å². The highest BCUT2D eigenvalue weighted by molar-refractivity contribution is 5.77. The number of carbonyl (C=O) groups excluding carboxylic acids is 2. The molecule has 1 aliphatic heterocycles. The molecule has 1 aromatic rings. The third-order valence-electron chi connectivity index (χ3n) is 3.66. The Morgan fingerprint density at radius 1 is 1.29 bits per heavy atom. The second kappa shape index (κ2) is 6.66. The van der Waals surface area contributed by atoms with E-state index in [1.807, 2.05) is 6.92 Å². The molecule has 1 atom stereocenters. The molecule has 8 heteroatoms. The Kier molecular flexibility index (Phi) is 4.89. The Balaban J connectivity index is 1.87. The van der Waals surface area contributed by atoms with E-state index in [0.717, 1.165) is 0 Å². The fraction of sp³-hybridized carbons (Fsp3) is 0.692. The first-order valence-electron chi connectivity index (χ1n) is 7.12. The molecule has 1 N–H and O–H groups in total. The molecule has 1 aliphatic rings. The van der Waals surface area contributed by atoms with E-state index < -0.39 is 6.10 Å². The van der Waals surface area contributed by atoms with Gasteiger partial charge in [0.15, 0.2) is 0 Å². The summed E-state index contributed by atoms with van der Waals surface area (Å²) < 4.78 is 1.44. The normalized spacial score (nSPS) is 16.9. The van der Waals surface area contributed by atoms with E-state index >= 15 is 0 Å². The highest BCUT2D eigenvalue weighted by Gasteiger charge is 2.22. The van der Waals surface area contributed by atoms with Gasteiger partial charge in [0.25, 0.3) is 0 Å². The van der Waals surface area contributed by atoms with E-state index in [1.54, 1.807) is 16.0 Å². The van der Waals surface area contributed by atoms with E-state index in [4.69, 9.17) is 0 Å². The van der Waals surface area contributed by atoms with Crippen LogP contribution in [0.1, 0.15) is 32.1 Å². The molecule has 2 amide bonds. The molecule has 2 heterocycles. The number of aliphatic hydroxyl groups excluding tert-OH is 1. The molecule has 1 fully saturated rings. The lowest BCUT2D eigenvalue weighted by atomic mass is 10.2. The van der Waals surface area contributed by atoms with Crippen LogP contribution in [-0.4, -0.2) is 67.9 Å². The Bertz CT molecular complexity index is 508. The van der Waals surface area contributed by atoms with Crippen LogP contribution in [0.5, 0.6) is 0 Å². The van der Waals surface area contributed by atoms with Gasteiger partial charge in [-0.2, -0.15) is 0 Å². The largest absolute Gasteiger partial charge is 0.387 e. The zero-order valence-electron chi connectivity index (χ0n) is 12.4. The van der Waals surface area contributed by atoms with Gasteiger partial charge in [0.2, 0.25) is 11.8 Å². The van der Waals surface area contributed by atoms with Crippen molar-refractivity contribution in [2.24, 2.45) is 0 Å². The van der Waals surface area contributed by atoms with E-state index in [2.05, 4.69) is 10.3 Å². The Morgan fingerprint density at radius 3 is 2.48 bits per heavy atom. The summed E-state index contributed by atoms with van der Waals surface area (Å²) >= 11 is 0. The number of rotatable bonds is 4. The number of piperazine rings is 1. The van der Waals surface area contributed by atoms with E-state index in [-0.39, 0.29) is 18.4 Å². The summed E-state index contributed by atoms with van der Waals surface area (Å²) in [7, 11) is 0. The number of carbonyl (C=O) groups is 2. The summed E-state index contributed by atoms with van der Waals surface area (Å²) in [4.78, 5) is 26.9. The predicted molar refractivity (Wildman–Crippen MR) is 74.1 cm³/mol. The van der Waals surface area contributed by atoms with Gasteiger partial charge in [-0.1, -0.05) is 12.1 Å².